The van der Waals surface area contributed by atoms with Crippen LogP contribution in [0.1, 0.15) is 40.5 Å². The number of carbonyl (C=O) groups is 1. The van der Waals surface area contributed by atoms with Crippen molar-refractivity contribution in [2.45, 2.75) is 36.9 Å². The van der Waals surface area contributed by atoms with Crippen molar-refractivity contribution in [3.63, 3.8) is 0 Å². The fraction of sp³-hybridized carbons (Fsp3) is 0.353. The van der Waals surface area contributed by atoms with Crippen LogP contribution < -0.4 is 0 Å². The Morgan fingerprint density at radius 1 is 1.38 bits per heavy atom. The maximum Gasteiger partial charge on any atom is 0.188 e. The van der Waals surface area contributed by atoms with E-state index < -0.39 is 5.60 Å². The molecule has 0 radical (unpaired) electrons. The number of hydrogen-bond acceptors (Lipinski definition) is 5. The quantitative estimate of drug-likeness (QED) is 0.373. The third kappa shape index (κ3) is 3.06. The SMILES string of the molecule is CSc1nc(Cl)c(C(C)=O)c(CC2(O)CCc3c(Cl)cccc32)n1. The van der Waals surface area contributed by atoms with Crippen LogP contribution >= 0.6 is 35.0 Å². The molecule has 0 saturated heterocycles. The Labute approximate surface area is 154 Å². The highest BCUT2D eigenvalue weighted by atomic mass is 35.5. The van der Waals surface area contributed by atoms with E-state index in [0.29, 0.717) is 28.7 Å². The molecule has 1 aromatic heterocycles. The van der Waals surface area contributed by atoms with Crippen LogP contribution in [0.4, 0.5) is 0 Å². The number of benzene rings is 1. The number of thioether (sulfide) groups is 1. The summed E-state index contributed by atoms with van der Waals surface area (Å²) in [6.07, 6.45) is 3.25. The average Bonchev–Trinajstić information content (AvgIpc) is 2.85. The summed E-state index contributed by atoms with van der Waals surface area (Å²) in [6, 6.07) is 5.52. The minimum absolute atomic E-state index is 0.129. The summed E-state index contributed by atoms with van der Waals surface area (Å²) < 4.78 is 0. The number of Topliss-reactive ketones (excluding diaryl/α,β-unsaturated/α-hetero) is 1. The molecule has 1 atom stereocenters. The van der Waals surface area contributed by atoms with Crippen LogP contribution in [-0.2, 0) is 18.4 Å². The summed E-state index contributed by atoms with van der Waals surface area (Å²) >= 11 is 13.8. The van der Waals surface area contributed by atoms with Gasteiger partial charge in [-0.25, -0.2) is 9.97 Å². The first-order chi connectivity index (χ1) is 11.4. The molecule has 4 nitrogen and oxygen atoms in total. The number of fused-ring (bicyclic) bond motifs is 1. The predicted octanol–water partition coefficient (Wildman–Crippen LogP) is 4.08. The predicted molar refractivity (Wildman–Crippen MR) is 96.2 cm³/mol. The second kappa shape index (κ2) is 6.64. The maximum absolute atomic E-state index is 12.0. The van der Waals surface area contributed by atoms with Crippen LogP contribution in [0.2, 0.25) is 10.2 Å². The Kier molecular flexibility index (Phi) is 4.89. The van der Waals surface area contributed by atoms with Crippen LogP contribution in [0, 0.1) is 0 Å². The topological polar surface area (TPSA) is 63.1 Å². The van der Waals surface area contributed by atoms with Gasteiger partial charge in [-0.3, -0.25) is 4.79 Å². The summed E-state index contributed by atoms with van der Waals surface area (Å²) in [4.78, 5) is 20.5. The Bertz CT molecular complexity index is 828. The fourth-order valence-electron chi connectivity index (χ4n) is 3.20. The van der Waals surface area contributed by atoms with E-state index >= 15 is 0 Å². The Morgan fingerprint density at radius 3 is 2.79 bits per heavy atom. The van der Waals surface area contributed by atoms with Gasteiger partial charge in [0.1, 0.15) is 5.15 Å². The van der Waals surface area contributed by atoms with Crippen molar-refractivity contribution in [3.05, 3.63) is 50.8 Å². The lowest BCUT2D eigenvalue weighted by Gasteiger charge is -2.25. The number of halogens is 2. The molecular formula is C17H16Cl2N2O2S. The number of hydrogen-bond donors (Lipinski definition) is 1. The number of rotatable bonds is 4. The van der Waals surface area contributed by atoms with Crippen LogP contribution in [-0.4, -0.2) is 27.1 Å². The smallest absolute Gasteiger partial charge is 0.188 e. The summed E-state index contributed by atoms with van der Waals surface area (Å²) in [6.45, 7) is 1.43. The molecule has 1 aliphatic carbocycles. The number of carbonyl (C=O) groups excluding carboxylic acids is 1. The van der Waals surface area contributed by atoms with Crippen molar-refractivity contribution in [1.29, 1.82) is 0 Å². The lowest BCUT2D eigenvalue weighted by molar-refractivity contribution is 0.0376. The highest BCUT2D eigenvalue weighted by Gasteiger charge is 2.39. The van der Waals surface area contributed by atoms with Gasteiger partial charge in [-0.1, -0.05) is 47.1 Å². The van der Waals surface area contributed by atoms with Crippen LogP contribution in [0.25, 0.3) is 0 Å². The minimum atomic E-state index is -1.11. The van der Waals surface area contributed by atoms with E-state index in [4.69, 9.17) is 23.2 Å². The van der Waals surface area contributed by atoms with E-state index in [2.05, 4.69) is 9.97 Å². The number of aromatic nitrogens is 2. The van der Waals surface area contributed by atoms with E-state index in [9.17, 15) is 9.90 Å². The molecule has 0 bridgehead atoms. The van der Waals surface area contributed by atoms with Crippen molar-refractivity contribution in [1.82, 2.24) is 9.97 Å². The largest absolute Gasteiger partial charge is 0.385 e. The van der Waals surface area contributed by atoms with Gasteiger partial charge in [0.05, 0.1) is 16.9 Å². The highest BCUT2D eigenvalue weighted by Crippen LogP contribution is 2.42. The Balaban J connectivity index is 2.08. The molecule has 1 aromatic carbocycles. The first kappa shape index (κ1) is 17.7. The van der Waals surface area contributed by atoms with Crippen LogP contribution in [0.15, 0.2) is 23.4 Å². The molecule has 0 saturated carbocycles. The Hall–Kier alpha value is -1.14. The molecule has 24 heavy (non-hydrogen) atoms. The summed E-state index contributed by atoms with van der Waals surface area (Å²) in [7, 11) is 0. The molecule has 3 rings (SSSR count). The first-order valence-corrected chi connectivity index (χ1v) is 9.45. The second-order valence-electron chi connectivity index (χ2n) is 5.85. The molecule has 7 heteroatoms. The van der Waals surface area contributed by atoms with E-state index in [1.807, 2.05) is 24.5 Å². The summed E-state index contributed by atoms with van der Waals surface area (Å²) in [5.41, 5.74) is 1.39. The number of ketones is 1. The van der Waals surface area contributed by atoms with Gasteiger partial charge in [0.25, 0.3) is 0 Å². The van der Waals surface area contributed by atoms with Gasteiger partial charge < -0.3 is 5.11 Å². The zero-order valence-electron chi connectivity index (χ0n) is 13.3. The van der Waals surface area contributed by atoms with Gasteiger partial charge in [-0.15, -0.1) is 0 Å². The lowest BCUT2D eigenvalue weighted by atomic mass is 9.89. The third-order valence-electron chi connectivity index (χ3n) is 4.32. The molecule has 0 spiro atoms. The van der Waals surface area contributed by atoms with Gasteiger partial charge in [-0.05, 0) is 43.2 Å². The standard InChI is InChI=1S/C17H16Cl2N2O2S/c1-9(22)14-13(20-16(24-2)21-15(14)19)8-17(23)7-6-10-11(17)4-3-5-12(10)18/h3-5,23H,6-8H2,1-2H3. The van der Waals surface area contributed by atoms with E-state index in [0.717, 1.165) is 11.1 Å². The van der Waals surface area contributed by atoms with Crippen molar-refractivity contribution in [2.24, 2.45) is 0 Å². The van der Waals surface area contributed by atoms with Gasteiger partial charge in [0.2, 0.25) is 0 Å². The third-order valence-corrected chi connectivity index (χ3v) is 5.50. The molecule has 1 unspecified atom stereocenters. The zero-order chi connectivity index (χ0) is 17.5. The van der Waals surface area contributed by atoms with Crippen molar-refractivity contribution < 1.29 is 9.90 Å². The number of nitrogens with zero attached hydrogens (tertiary/aromatic N) is 2. The molecule has 0 aliphatic heterocycles. The Morgan fingerprint density at radius 2 is 2.12 bits per heavy atom. The van der Waals surface area contributed by atoms with Crippen molar-refractivity contribution >= 4 is 40.7 Å². The van der Waals surface area contributed by atoms with Gasteiger partial charge >= 0.3 is 0 Å². The second-order valence-corrected chi connectivity index (χ2v) is 7.39. The van der Waals surface area contributed by atoms with Gasteiger partial charge in [-0.2, -0.15) is 0 Å². The molecule has 0 amide bonds. The van der Waals surface area contributed by atoms with Crippen molar-refractivity contribution in [3.8, 4) is 0 Å². The van der Waals surface area contributed by atoms with Gasteiger partial charge in [0, 0.05) is 11.4 Å². The molecule has 2 aromatic rings. The van der Waals surface area contributed by atoms with Crippen molar-refractivity contribution in [2.75, 3.05) is 6.26 Å². The zero-order valence-corrected chi connectivity index (χ0v) is 15.6. The molecule has 1 heterocycles. The first-order valence-electron chi connectivity index (χ1n) is 7.47. The summed E-state index contributed by atoms with van der Waals surface area (Å²) in [5.74, 6) is -0.212. The molecule has 1 aliphatic rings. The van der Waals surface area contributed by atoms with E-state index in [1.165, 1.54) is 18.7 Å². The monoisotopic (exact) mass is 382 g/mol. The molecule has 0 fully saturated rings. The van der Waals surface area contributed by atoms with Crippen LogP contribution in [0.5, 0.6) is 0 Å². The normalized spacial score (nSPS) is 19.4. The molecule has 1 N–H and O–H groups in total. The minimum Gasteiger partial charge on any atom is -0.385 e. The lowest BCUT2D eigenvalue weighted by Crippen LogP contribution is -2.27. The molecular weight excluding hydrogens is 367 g/mol. The fourth-order valence-corrected chi connectivity index (χ4v) is 4.22. The summed E-state index contributed by atoms with van der Waals surface area (Å²) in [5, 5.41) is 12.5. The average molecular weight is 383 g/mol. The number of aliphatic hydroxyl groups is 1. The maximum atomic E-state index is 12.0. The van der Waals surface area contributed by atoms with E-state index in [-0.39, 0.29) is 22.9 Å². The molecule has 126 valence electrons. The van der Waals surface area contributed by atoms with Gasteiger partial charge in [0.15, 0.2) is 10.9 Å². The van der Waals surface area contributed by atoms with E-state index in [1.54, 1.807) is 0 Å². The highest BCUT2D eigenvalue weighted by molar-refractivity contribution is 7.98. The van der Waals surface area contributed by atoms with Crippen LogP contribution in [0.3, 0.4) is 0 Å².